The molecule has 0 bridgehead atoms. The first-order valence-corrected chi connectivity index (χ1v) is 33.7. The fourth-order valence-electron chi connectivity index (χ4n) is 15.1. The fourth-order valence-corrected chi connectivity index (χ4v) is 15.1. The highest BCUT2D eigenvalue weighted by Gasteiger charge is 2.46. The first-order chi connectivity index (χ1) is 38.8. The number of hydrogen-bond donors (Lipinski definition) is 0. The van der Waals surface area contributed by atoms with Crippen LogP contribution >= 0.6 is 0 Å². The van der Waals surface area contributed by atoms with E-state index in [1.807, 2.05) is 0 Å². The van der Waals surface area contributed by atoms with Crippen LogP contribution in [0.3, 0.4) is 0 Å². The zero-order valence-corrected chi connectivity index (χ0v) is 53.5. The van der Waals surface area contributed by atoms with Crippen molar-refractivity contribution >= 4 is 28.3 Å². The van der Waals surface area contributed by atoms with E-state index in [4.69, 9.17) is 0 Å². The molecule has 0 N–H and O–H groups in total. The monoisotopic (exact) mass is 1080 g/mol. The number of hydrogen-bond acceptors (Lipinski definition) is 2. The van der Waals surface area contributed by atoms with Crippen molar-refractivity contribution in [1.82, 2.24) is 0 Å². The SMILES string of the molecule is CCCCCCCCC1(CCCCCCCC)C2=C(C=CC(N(c3ccc(C(C)CC)cc3)c3ccc(C(C)(C)CC)cc3)C2)c2ccc(N(c3ccc(C(CCC)(CCC)C(CC)CC)cc3)C3C=CC(C(C)CC)=CC3)cc21. The van der Waals surface area contributed by atoms with Gasteiger partial charge in [-0.05, 0) is 179 Å². The van der Waals surface area contributed by atoms with Crippen molar-refractivity contribution < 1.29 is 0 Å². The number of fused-ring (bicyclic) bond motifs is 2. The van der Waals surface area contributed by atoms with E-state index in [2.05, 4.69) is 221 Å². The van der Waals surface area contributed by atoms with E-state index in [1.165, 1.54) is 185 Å². The molecule has 0 radical (unpaired) electrons. The van der Waals surface area contributed by atoms with Gasteiger partial charge in [0.25, 0.3) is 0 Å². The van der Waals surface area contributed by atoms with E-state index >= 15 is 0 Å². The molecule has 2 nitrogen and oxygen atoms in total. The summed E-state index contributed by atoms with van der Waals surface area (Å²) in [5, 5.41) is 0. The molecular weight excluding hydrogens is 965 g/mol. The second kappa shape index (κ2) is 30.1. The smallest absolute Gasteiger partial charge is 0.0563 e. The average molecular weight is 1080 g/mol. The summed E-state index contributed by atoms with van der Waals surface area (Å²) >= 11 is 0. The summed E-state index contributed by atoms with van der Waals surface area (Å²) in [6.07, 6.45) is 44.0. The molecule has 0 amide bonds. The minimum absolute atomic E-state index is 0.0307. The predicted octanol–water partition coefficient (Wildman–Crippen LogP) is 24.3. The normalized spacial score (nSPS) is 17.6. The van der Waals surface area contributed by atoms with Crippen LogP contribution in [0.1, 0.15) is 284 Å². The third-order valence-corrected chi connectivity index (χ3v) is 20.8. The van der Waals surface area contributed by atoms with Crippen LogP contribution in [0.4, 0.5) is 22.7 Å². The number of anilines is 4. The Balaban J connectivity index is 1.38. The third kappa shape index (κ3) is 14.3. The Morgan fingerprint density at radius 2 is 1.01 bits per heavy atom. The van der Waals surface area contributed by atoms with Crippen LogP contribution in [0.5, 0.6) is 0 Å². The van der Waals surface area contributed by atoms with Gasteiger partial charge in [0.15, 0.2) is 0 Å². The van der Waals surface area contributed by atoms with Crippen molar-refractivity contribution in [2.75, 3.05) is 9.80 Å². The van der Waals surface area contributed by atoms with Crippen molar-refractivity contribution in [3.05, 3.63) is 160 Å². The van der Waals surface area contributed by atoms with Gasteiger partial charge in [-0.3, -0.25) is 0 Å². The summed E-state index contributed by atoms with van der Waals surface area (Å²) in [5.41, 5.74) is 17.8. The Morgan fingerprint density at radius 1 is 0.512 bits per heavy atom. The van der Waals surface area contributed by atoms with Gasteiger partial charge in [0.1, 0.15) is 0 Å². The Kier molecular flexibility index (Phi) is 23.7. The Morgan fingerprint density at radius 3 is 1.51 bits per heavy atom. The fraction of sp³-hybridized carbons (Fsp3) is 0.590. The summed E-state index contributed by atoms with van der Waals surface area (Å²) in [6, 6.07) is 37.9. The van der Waals surface area contributed by atoms with E-state index in [0.717, 1.165) is 25.7 Å². The van der Waals surface area contributed by atoms with Crippen LogP contribution < -0.4 is 9.80 Å². The maximum Gasteiger partial charge on any atom is 0.0563 e. The van der Waals surface area contributed by atoms with Crippen LogP contribution in [-0.4, -0.2) is 12.1 Å². The molecular formula is C78H114N2. The lowest BCUT2D eigenvalue weighted by Gasteiger charge is -2.42. The van der Waals surface area contributed by atoms with Crippen molar-refractivity contribution in [2.45, 2.75) is 285 Å². The molecule has 80 heavy (non-hydrogen) atoms. The second-order valence-electron chi connectivity index (χ2n) is 26.2. The van der Waals surface area contributed by atoms with Gasteiger partial charge in [0.2, 0.25) is 0 Å². The first kappa shape index (κ1) is 63.0. The molecule has 3 aliphatic carbocycles. The molecule has 4 atom stereocenters. The number of benzene rings is 4. The lowest BCUT2D eigenvalue weighted by atomic mass is 9.63. The molecule has 0 aromatic heterocycles. The quantitative estimate of drug-likeness (QED) is 0.0430. The van der Waals surface area contributed by atoms with E-state index in [1.54, 1.807) is 16.7 Å². The largest absolute Gasteiger partial charge is 0.334 e. The molecule has 0 spiro atoms. The standard InChI is InChI=1S/C78H114N2/c1-14-23-25-27-29-31-55-78(56-32-30-28-26-24-15-2)74-57-70(79(66-41-33-61(34-42-66)59(10)18-5)68-45-37-64(38-46-68)76(12,13)22-9)49-51-72(74)73-52-50-71(58-75(73)78)80(67-43-35-62(36-44-67)60(11)19-6)69-47-39-65(40-48-69)77(53-16-3,54-17-4)63(20-7)21-8/h33-43,45-52,58-60,63,67,70H,14-32,44,53-57H2,1-13H3. The molecule has 0 aliphatic heterocycles. The maximum atomic E-state index is 2.76. The Labute approximate surface area is 492 Å². The number of allylic oxidation sites excluding steroid dienone is 4. The Bertz CT molecular complexity index is 2590. The van der Waals surface area contributed by atoms with Crippen molar-refractivity contribution in [3.63, 3.8) is 0 Å². The van der Waals surface area contributed by atoms with Crippen LogP contribution in [0, 0.1) is 11.8 Å². The molecule has 3 aliphatic rings. The second-order valence-corrected chi connectivity index (χ2v) is 26.2. The minimum atomic E-state index is -0.0307. The highest BCUT2D eigenvalue weighted by molar-refractivity contribution is 5.89. The van der Waals surface area contributed by atoms with Crippen molar-refractivity contribution in [1.29, 1.82) is 0 Å². The molecule has 4 aromatic rings. The molecule has 7 rings (SSSR count). The molecule has 0 saturated heterocycles. The van der Waals surface area contributed by atoms with Gasteiger partial charge >= 0.3 is 0 Å². The molecule has 4 unspecified atom stereocenters. The van der Waals surface area contributed by atoms with Crippen LogP contribution in [0.15, 0.2) is 133 Å². The number of rotatable bonds is 34. The van der Waals surface area contributed by atoms with Gasteiger partial charge in [-0.15, -0.1) is 0 Å². The number of nitrogens with zero attached hydrogens (tertiary/aromatic N) is 2. The topological polar surface area (TPSA) is 6.48 Å². The summed E-state index contributed by atoms with van der Waals surface area (Å²) in [5.74, 6) is 1.80. The van der Waals surface area contributed by atoms with Gasteiger partial charge in [0.05, 0.1) is 12.1 Å². The van der Waals surface area contributed by atoms with E-state index in [0.29, 0.717) is 17.8 Å². The van der Waals surface area contributed by atoms with Crippen molar-refractivity contribution in [2.24, 2.45) is 11.8 Å². The first-order valence-electron chi connectivity index (χ1n) is 33.7. The highest BCUT2D eigenvalue weighted by atomic mass is 15.2. The maximum absolute atomic E-state index is 2.76. The van der Waals surface area contributed by atoms with Crippen molar-refractivity contribution in [3.8, 4) is 0 Å². The zero-order chi connectivity index (χ0) is 57.3. The van der Waals surface area contributed by atoms with Crippen LogP contribution in [0.2, 0.25) is 0 Å². The van der Waals surface area contributed by atoms with E-state index in [-0.39, 0.29) is 28.3 Å². The van der Waals surface area contributed by atoms with Gasteiger partial charge in [-0.1, -0.05) is 266 Å². The highest BCUT2D eigenvalue weighted by Crippen LogP contribution is 2.58. The molecule has 4 aromatic carbocycles. The predicted molar refractivity (Wildman–Crippen MR) is 355 cm³/mol. The third-order valence-electron chi connectivity index (χ3n) is 20.8. The van der Waals surface area contributed by atoms with E-state index in [9.17, 15) is 0 Å². The lowest BCUT2D eigenvalue weighted by Crippen LogP contribution is -2.36. The van der Waals surface area contributed by atoms with Gasteiger partial charge in [0, 0.05) is 28.2 Å². The van der Waals surface area contributed by atoms with Crippen LogP contribution in [0.25, 0.3) is 5.57 Å². The lowest BCUT2D eigenvalue weighted by molar-refractivity contribution is 0.212. The molecule has 2 heteroatoms. The van der Waals surface area contributed by atoms with Gasteiger partial charge in [-0.2, -0.15) is 0 Å². The van der Waals surface area contributed by atoms with Gasteiger partial charge < -0.3 is 9.80 Å². The summed E-state index contributed by atoms with van der Waals surface area (Å²) in [7, 11) is 0. The zero-order valence-electron chi connectivity index (χ0n) is 53.5. The summed E-state index contributed by atoms with van der Waals surface area (Å²) < 4.78 is 0. The molecule has 0 fully saturated rings. The summed E-state index contributed by atoms with van der Waals surface area (Å²) in [4.78, 5) is 5.46. The average Bonchev–Trinajstić information content (AvgIpc) is 3.77. The molecule has 0 heterocycles. The number of unbranched alkanes of at least 4 members (excludes halogenated alkanes) is 10. The minimum Gasteiger partial charge on any atom is -0.334 e. The molecule has 436 valence electrons. The summed E-state index contributed by atoms with van der Waals surface area (Å²) in [6.45, 7) is 30.9. The molecule has 0 saturated carbocycles. The van der Waals surface area contributed by atoms with E-state index < -0.39 is 0 Å². The van der Waals surface area contributed by atoms with Gasteiger partial charge in [-0.25, -0.2) is 0 Å². The van der Waals surface area contributed by atoms with Crippen LogP contribution in [-0.2, 0) is 16.2 Å². The Hall–Kier alpha value is -4.56.